The lowest BCUT2D eigenvalue weighted by molar-refractivity contribution is -0.125. The molecule has 0 radical (unpaired) electrons. The fourth-order valence-corrected chi connectivity index (χ4v) is 2.31. The van der Waals surface area contributed by atoms with E-state index in [-0.39, 0.29) is 23.9 Å². The van der Waals surface area contributed by atoms with Crippen molar-refractivity contribution >= 4 is 17.4 Å². The van der Waals surface area contributed by atoms with Crippen LogP contribution in [0.3, 0.4) is 0 Å². The first-order valence-corrected chi connectivity index (χ1v) is 8.76. The number of oxime groups is 1. The predicted octanol–water partition coefficient (Wildman–Crippen LogP) is 2.55. The molecular formula is C20H27N5O2. The average Bonchev–Trinajstić information content (AvgIpc) is 2.60. The zero-order chi connectivity index (χ0) is 19.9. The third-order valence-electron chi connectivity index (χ3n) is 3.64. The van der Waals surface area contributed by atoms with Gasteiger partial charge in [-0.15, -0.1) is 0 Å². The fourth-order valence-electron chi connectivity index (χ4n) is 2.31. The van der Waals surface area contributed by atoms with Crippen LogP contribution in [0.5, 0.6) is 0 Å². The topological polar surface area (TPSA) is 102 Å². The van der Waals surface area contributed by atoms with Crippen molar-refractivity contribution in [2.75, 3.05) is 11.9 Å². The summed E-state index contributed by atoms with van der Waals surface area (Å²) in [6.45, 7) is 8.42. The minimum atomic E-state index is -0.271. The highest BCUT2D eigenvalue weighted by Crippen LogP contribution is 2.13. The van der Waals surface area contributed by atoms with Crippen molar-refractivity contribution in [2.45, 2.75) is 39.8 Å². The number of nitrogens with one attached hydrogen (secondary N) is 2. The largest absolute Gasteiger partial charge is 0.384 e. The van der Waals surface area contributed by atoms with Crippen LogP contribution < -0.4 is 16.4 Å². The van der Waals surface area contributed by atoms with E-state index >= 15 is 0 Å². The van der Waals surface area contributed by atoms with E-state index in [4.69, 9.17) is 10.6 Å². The second-order valence-corrected chi connectivity index (χ2v) is 7.26. The number of hydrogen-bond donors (Lipinski definition) is 3. The number of amides is 1. The molecule has 1 aromatic carbocycles. The van der Waals surface area contributed by atoms with Gasteiger partial charge >= 0.3 is 0 Å². The van der Waals surface area contributed by atoms with Gasteiger partial charge < -0.3 is 21.2 Å². The first-order valence-electron chi connectivity index (χ1n) is 8.76. The lowest BCUT2D eigenvalue weighted by atomic mass is 10.1. The molecule has 0 aliphatic rings. The molecule has 1 aromatic heterocycles. The van der Waals surface area contributed by atoms with Crippen LogP contribution >= 0.6 is 0 Å². The van der Waals surface area contributed by atoms with Gasteiger partial charge in [0.2, 0.25) is 0 Å². The number of carbonyl (C=O) groups is 1. The number of pyridine rings is 1. The van der Waals surface area contributed by atoms with Crippen molar-refractivity contribution in [2.24, 2.45) is 10.9 Å². The third kappa shape index (κ3) is 6.97. The van der Waals surface area contributed by atoms with Gasteiger partial charge in [0.25, 0.3) is 5.91 Å². The molecule has 0 saturated carbocycles. The van der Waals surface area contributed by atoms with E-state index in [0.29, 0.717) is 12.2 Å². The van der Waals surface area contributed by atoms with Crippen molar-refractivity contribution in [3.8, 4) is 0 Å². The van der Waals surface area contributed by atoms with Gasteiger partial charge in [-0.2, -0.15) is 0 Å². The highest BCUT2D eigenvalue weighted by molar-refractivity contribution is 5.95. The van der Waals surface area contributed by atoms with Gasteiger partial charge in [-0.1, -0.05) is 29.4 Å². The van der Waals surface area contributed by atoms with Gasteiger partial charge in [0.15, 0.2) is 12.4 Å². The first kappa shape index (κ1) is 20.2. The van der Waals surface area contributed by atoms with Gasteiger partial charge in [-0.25, -0.2) is 0 Å². The lowest BCUT2D eigenvalue weighted by Gasteiger charge is -2.21. The monoisotopic (exact) mass is 369 g/mol. The van der Waals surface area contributed by atoms with Crippen molar-refractivity contribution in [1.29, 1.82) is 0 Å². The molecule has 0 bridgehead atoms. The number of rotatable bonds is 7. The number of carbonyl (C=O) groups excluding carboxylic acids is 1. The fraction of sp³-hybridized carbons (Fsp3) is 0.350. The SMILES string of the molecule is Cc1ccccc1CNC(=O)CON=C(N)c1ccc(NC(C)(C)C)cn1. The Labute approximate surface area is 160 Å². The summed E-state index contributed by atoms with van der Waals surface area (Å²) in [6, 6.07) is 11.5. The second kappa shape index (κ2) is 9.02. The molecular weight excluding hydrogens is 342 g/mol. The lowest BCUT2D eigenvalue weighted by Crippen LogP contribution is -2.27. The van der Waals surface area contributed by atoms with E-state index in [2.05, 4.69) is 41.5 Å². The molecule has 2 aromatic rings. The van der Waals surface area contributed by atoms with Crippen molar-refractivity contribution in [3.63, 3.8) is 0 Å². The first-order chi connectivity index (χ1) is 12.7. The minimum absolute atomic E-state index is 0.0579. The normalized spacial score (nSPS) is 11.8. The third-order valence-corrected chi connectivity index (χ3v) is 3.64. The Balaban J connectivity index is 1.81. The zero-order valence-corrected chi connectivity index (χ0v) is 16.2. The van der Waals surface area contributed by atoms with Gasteiger partial charge in [-0.05, 0) is 51.0 Å². The quantitative estimate of drug-likeness (QED) is 0.395. The number of benzene rings is 1. The molecule has 27 heavy (non-hydrogen) atoms. The predicted molar refractivity (Wildman–Crippen MR) is 107 cm³/mol. The molecule has 0 atom stereocenters. The number of aromatic nitrogens is 1. The molecule has 4 N–H and O–H groups in total. The summed E-state index contributed by atoms with van der Waals surface area (Å²) in [4.78, 5) is 21.1. The number of aryl methyl sites for hydroxylation is 1. The van der Waals surface area contributed by atoms with Crippen LogP contribution in [0.4, 0.5) is 5.69 Å². The van der Waals surface area contributed by atoms with E-state index in [1.165, 1.54) is 0 Å². The Hall–Kier alpha value is -3.09. The summed E-state index contributed by atoms with van der Waals surface area (Å²) in [6.07, 6.45) is 1.68. The highest BCUT2D eigenvalue weighted by Gasteiger charge is 2.10. The van der Waals surface area contributed by atoms with E-state index in [9.17, 15) is 4.79 Å². The van der Waals surface area contributed by atoms with Gasteiger partial charge in [0.05, 0.1) is 11.9 Å². The van der Waals surface area contributed by atoms with E-state index < -0.39 is 0 Å². The molecule has 0 saturated heterocycles. The number of amidine groups is 1. The Morgan fingerprint density at radius 1 is 1.22 bits per heavy atom. The van der Waals surface area contributed by atoms with Crippen LogP contribution in [-0.2, 0) is 16.2 Å². The van der Waals surface area contributed by atoms with Crippen molar-refractivity contribution < 1.29 is 9.63 Å². The number of nitrogens with two attached hydrogens (primary N) is 1. The van der Waals surface area contributed by atoms with E-state index in [1.807, 2.05) is 37.3 Å². The summed E-state index contributed by atoms with van der Waals surface area (Å²) >= 11 is 0. The highest BCUT2D eigenvalue weighted by atomic mass is 16.6. The molecule has 0 fully saturated rings. The zero-order valence-electron chi connectivity index (χ0n) is 16.2. The van der Waals surface area contributed by atoms with Crippen LogP contribution in [0.15, 0.2) is 47.8 Å². The maximum absolute atomic E-state index is 11.9. The molecule has 2 rings (SSSR count). The smallest absolute Gasteiger partial charge is 0.261 e. The number of hydrogen-bond acceptors (Lipinski definition) is 5. The van der Waals surface area contributed by atoms with Crippen LogP contribution in [0.2, 0.25) is 0 Å². The van der Waals surface area contributed by atoms with E-state index in [1.54, 1.807) is 12.3 Å². The van der Waals surface area contributed by atoms with Crippen LogP contribution in [0, 0.1) is 6.92 Å². The average molecular weight is 369 g/mol. The molecule has 7 heteroatoms. The van der Waals surface area contributed by atoms with Gasteiger partial charge in [0.1, 0.15) is 5.69 Å². The molecule has 144 valence electrons. The molecule has 0 unspecified atom stereocenters. The number of nitrogens with zero attached hydrogens (tertiary/aromatic N) is 2. The van der Waals surface area contributed by atoms with Crippen molar-refractivity contribution in [3.05, 3.63) is 59.4 Å². The Morgan fingerprint density at radius 2 is 1.96 bits per heavy atom. The minimum Gasteiger partial charge on any atom is -0.384 e. The van der Waals surface area contributed by atoms with Crippen LogP contribution in [0.25, 0.3) is 0 Å². The Morgan fingerprint density at radius 3 is 2.59 bits per heavy atom. The summed E-state index contributed by atoms with van der Waals surface area (Å²) < 4.78 is 0. The van der Waals surface area contributed by atoms with Gasteiger partial charge in [0, 0.05) is 12.1 Å². The Kier molecular flexibility index (Phi) is 6.76. The summed E-state index contributed by atoms with van der Waals surface area (Å²) in [7, 11) is 0. The number of anilines is 1. The van der Waals surface area contributed by atoms with Crippen LogP contribution in [-0.4, -0.2) is 28.9 Å². The standard InChI is InChI=1S/C20H27N5O2/c1-14-7-5-6-8-15(14)11-23-18(26)13-27-25-19(21)17-10-9-16(12-22-17)24-20(2,3)4/h5-10,12,24H,11,13H2,1-4H3,(H2,21,25)(H,23,26). The molecule has 0 aliphatic heterocycles. The maximum Gasteiger partial charge on any atom is 0.261 e. The molecule has 0 spiro atoms. The maximum atomic E-state index is 11.9. The molecule has 1 heterocycles. The van der Waals surface area contributed by atoms with Crippen LogP contribution in [0.1, 0.15) is 37.6 Å². The summed E-state index contributed by atoms with van der Waals surface area (Å²) in [5.41, 5.74) is 9.34. The van der Waals surface area contributed by atoms with E-state index in [0.717, 1.165) is 16.8 Å². The molecule has 7 nitrogen and oxygen atoms in total. The summed E-state index contributed by atoms with van der Waals surface area (Å²) in [5.74, 6) is -0.156. The van der Waals surface area contributed by atoms with Gasteiger partial charge in [-0.3, -0.25) is 9.78 Å². The summed E-state index contributed by atoms with van der Waals surface area (Å²) in [5, 5.41) is 9.86. The molecule has 0 aliphatic carbocycles. The molecule has 1 amide bonds. The second-order valence-electron chi connectivity index (χ2n) is 7.26. The Bertz CT molecular complexity index is 795. The van der Waals surface area contributed by atoms with Crippen molar-refractivity contribution in [1.82, 2.24) is 10.3 Å².